The first-order valence-electron chi connectivity index (χ1n) is 6.24. The first kappa shape index (κ1) is 12.0. The van der Waals surface area contributed by atoms with Crippen molar-refractivity contribution in [1.82, 2.24) is 9.80 Å². The second-order valence-corrected chi connectivity index (χ2v) is 4.56. The Balaban J connectivity index is 2.05. The SMILES string of the molecule is CCCCCCN1CCCN(C)CC1. The van der Waals surface area contributed by atoms with Crippen LogP contribution in [0.15, 0.2) is 0 Å². The van der Waals surface area contributed by atoms with Gasteiger partial charge in [-0.15, -0.1) is 0 Å². The topological polar surface area (TPSA) is 6.48 Å². The van der Waals surface area contributed by atoms with E-state index < -0.39 is 0 Å². The maximum atomic E-state index is 2.64. The van der Waals surface area contributed by atoms with Gasteiger partial charge < -0.3 is 9.80 Å². The molecule has 2 heteroatoms. The molecule has 0 spiro atoms. The number of nitrogens with zero attached hydrogens (tertiary/aromatic N) is 2. The van der Waals surface area contributed by atoms with Crippen LogP contribution in [-0.2, 0) is 0 Å². The minimum Gasteiger partial charge on any atom is -0.305 e. The number of hydrogen-bond donors (Lipinski definition) is 0. The van der Waals surface area contributed by atoms with Crippen LogP contribution < -0.4 is 0 Å². The predicted octanol–water partition coefficient (Wildman–Crippen LogP) is 2.20. The standard InChI is InChI=1S/C12H26N2/c1-3-4-5-6-9-14-10-7-8-13(2)11-12-14/h3-12H2,1-2H3. The third-order valence-electron chi connectivity index (χ3n) is 3.14. The highest BCUT2D eigenvalue weighted by molar-refractivity contribution is 4.66. The molecule has 0 aromatic rings. The van der Waals surface area contributed by atoms with Crippen molar-refractivity contribution in [2.75, 3.05) is 39.8 Å². The number of rotatable bonds is 5. The van der Waals surface area contributed by atoms with Crippen LogP contribution in [0.5, 0.6) is 0 Å². The van der Waals surface area contributed by atoms with E-state index in [1.807, 2.05) is 0 Å². The summed E-state index contributed by atoms with van der Waals surface area (Å²) >= 11 is 0. The molecule has 0 bridgehead atoms. The second-order valence-electron chi connectivity index (χ2n) is 4.56. The average Bonchev–Trinajstić information content (AvgIpc) is 2.38. The van der Waals surface area contributed by atoms with Gasteiger partial charge in [0, 0.05) is 13.1 Å². The van der Waals surface area contributed by atoms with Gasteiger partial charge in [-0.2, -0.15) is 0 Å². The molecule has 0 saturated carbocycles. The molecule has 0 N–H and O–H groups in total. The lowest BCUT2D eigenvalue weighted by Gasteiger charge is -2.19. The van der Waals surface area contributed by atoms with Crippen molar-refractivity contribution < 1.29 is 0 Å². The lowest BCUT2D eigenvalue weighted by Crippen LogP contribution is -2.29. The molecular weight excluding hydrogens is 172 g/mol. The average molecular weight is 198 g/mol. The number of unbranched alkanes of at least 4 members (excludes halogenated alkanes) is 3. The van der Waals surface area contributed by atoms with Gasteiger partial charge in [-0.05, 0) is 39.5 Å². The summed E-state index contributed by atoms with van der Waals surface area (Å²) in [5.74, 6) is 0. The summed E-state index contributed by atoms with van der Waals surface area (Å²) < 4.78 is 0. The van der Waals surface area contributed by atoms with Gasteiger partial charge in [-0.25, -0.2) is 0 Å². The van der Waals surface area contributed by atoms with Crippen LogP contribution in [0.3, 0.4) is 0 Å². The molecule has 2 nitrogen and oxygen atoms in total. The van der Waals surface area contributed by atoms with Gasteiger partial charge in [0.25, 0.3) is 0 Å². The lowest BCUT2D eigenvalue weighted by atomic mass is 10.2. The first-order chi connectivity index (χ1) is 6.83. The van der Waals surface area contributed by atoms with Gasteiger partial charge >= 0.3 is 0 Å². The Kier molecular flexibility index (Phi) is 6.20. The van der Waals surface area contributed by atoms with Crippen molar-refractivity contribution in [2.45, 2.75) is 39.0 Å². The highest BCUT2D eigenvalue weighted by Gasteiger charge is 2.10. The Morgan fingerprint density at radius 3 is 2.57 bits per heavy atom. The summed E-state index contributed by atoms with van der Waals surface area (Å²) in [7, 11) is 2.24. The Bertz CT molecular complexity index is 136. The molecule has 1 heterocycles. The fraction of sp³-hybridized carbons (Fsp3) is 1.00. The quantitative estimate of drug-likeness (QED) is 0.625. The molecule has 0 aromatic heterocycles. The second kappa shape index (κ2) is 7.24. The molecule has 84 valence electrons. The van der Waals surface area contributed by atoms with Crippen LogP contribution in [0.4, 0.5) is 0 Å². The zero-order valence-corrected chi connectivity index (χ0v) is 9.97. The Morgan fingerprint density at radius 2 is 1.79 bits per heavy atom. The molecule has 0 aromatic carbocycles. The van der Waals surface area contributed by atoms with E-state index in [-0.39, 0.29) is 0 Å². The van der Waals surface area contributed by atoms with Gasteiger partial charge in [-0.3, -0.25) is 0 Å². The molecule has 1 saturated heterocycles. The molecule has 1 aliphatic rings. The minimum atomic E-state index is 1.26. The van der Waals surface area contributed by atoms with E-state index in [1.54, 1.807) is 0 Å². The van der Waals surface area contributed by atoms with E-state index in [1.165, 1.54) is 64.8 Å². The summed E-state index contributed by atoms with van der Waals surface area (Å²) in [5, 5.41) is 0. The fourth-order valence-electron chi connectivity index (χ4n) is 2.09. The van der Waals surface area contributed by atoms with E-state index >= 15 is 0 Å². The summed E-state index contributed by atoms with van der Waals surface area (Å²) in [4.78, 5) is 5.09. The molecule has 0 amide bonds. The lowest BCUT2D eigenvalue weighted by molar-refractivity contribution is 0.270. The largest absolute Gasteiger partial charge is 0.305 e. The highest BCUT2D eigenvalue weighted by atomic mass is 15.2. The molecule has 1 rings (SSSR count). The van der Waals surface area contributed by atoms with Crippen molar-refractivity contribution in [1.29, 1.82) is 0 Å². The van der Waals surface area contributed by atoms with Crippen molar-refractivity contribution in [3.05, 3.63) is 0 Å². The maximum Gasteiger partial charge on any atom is 0.0109 e. The van der Waals surface area contributed by atoms with E-state index in [4.69, 9.17) is 0 Å². The van der Waals surface area contributed by atoms with Crippen LogP contribution >= 0.6 is 0 Å². The third-order valence-corrected chi connectivity index (χ3v) is 3.14. The van der Waals surface area contributed by atoms with Crippen molar-refractivity contribution in [3.63, 3.8) is 0 Å². The van der Waals surface area contributed by atoms with Crippen LogP contribution in [0.1, 0.15) is 39.0 Å². The Morgan fingerprint density at radius 1 is 0.929 bits per heavy atom. The first-order valence-corrected chi connectivity index (χ1v) is 6.24. The fourth-order valence-corrected chi connectivity index (χ4v) is 2.09. The minimum absolute atomic E-state index is 1.26. The highest BCUT2D eigenvalue weighted by Crippen LogP contribution is 2.05. The summed E-state index contributed by atoms with van der Waals surface area (Å²) in [6, 6.07) is 0. The molecule has 0 aliphatic carbocycles. The van der Waals surface area contributed by atoms with Crippen LogP contribution in [0, 0.1) is 0 Å². The molecular formula is C12H26N2. The molecule has 1 aliphatic heterocycles. The van der Waals surface area contributed by atoms with Crippen LogP contribution in [-0.4, -0.2) is 49.6 Å². The maximum absolute atomic E-state index is 2.64. The van der Waals surface area contributed by atoms with E-state index in [2.05, 4.69) is 23.8 Å². The monoisotopic (exact) mass is 198 g/mol. The molecule has 0 unspecified atom stereocenters. The third kappa shape index (κ3) is 4.97. The number of hydrogen-bond acceptors (Lipinski definition) is 2. The summed E-state index contributed by atoms with van der Waals surface area (Å²) in [5.41, 5.74) is 0. The van der Waals surface area contributed by atoms with Gasteiger partial charge in [0.2, 0.25) is 0 Å². The molecule has 1 fully saturated rings. The zero-order chi connectivity index (χ0) is 10.2. The van der Waals surface area contributed by atoms with E-state index in [9.17, 15) is 0 Å². The van der Waals surface area contributed by atoms with Crippen molar-refractivity contribution >= 4 is 0 Å². The Hall–Kier alpha value is -0.0800. The summed E-state index contributed by atoms with van der Waals surface area (Å²) in [6.07, 6.45) is 6.93. The van der Waals surface area contributed by atoms with E-state index in [0.717, 1.165) is 0 Å². The van der Waals surface area contributed by atoms with Gasteiger partial charge in [-0.1, -0.05) is 26.2 Å². The Labute approximate surface area is 89.3 Å². The van der Waals surface area contributed by atoms with Crippen LogP contribution in [0.2, 0.25) is 0 Å². The van der Waals surface area contributed by atoms with Crippen molar-refractivity contribution in [2.24, 2.45) is 0 Å². The summed E-state index contributed by atoms with van der Waals surface area (Å²) in [6.45, 7) is 8.74. The number of likely N-dealkylation sites (N-methyl/N-ethyl adjacent to an activating group) is 1. The molecule has 0 atom stereocenters. The molecule has 0 radical (unpaired) electrons. The predicted molar refractivity (Wildman–Crippen MR) is 62.7 cm³/mol. The van der Waals surface area contributed by atoms with Crippen LogP contribution in [0.25, 0.3) is 0 Å². The zero-order valence-electron chi connectivity index (χ0n) is 9.97. The van der Waals surface area contributed by atoms with Gasteiger partial charge in [0.05, 0.1) is 0 Å². The molecule has 14 heavy (non-hydrogen) atoms. The van der Waals surface area contributed by atoms with E-state index in [0.29, 0.717) is 0 Å². The van der Waals surface area contributed by atoms with Crippen molar-refractivity contribution in [3.8, 4) is 0 Å². The smallest absolute Gasteiger partial charge is 0.0109 e. The van der Waals surface area contributed by atoms with Gasteiger partial charge in [0.15, 0.2) is 0 Å². The van der Waals surface area contributed by atoms with Gasteiger partial charge in [0.1, 0.15) is 0 Å². The normalized spacial score (nSPS) is 21.0.